The van der Waals surface area contributed by atoms with E-state index >= 15 is 0 Å². The quantitative estimate of drug-likeness (QED) is 0.520. The summed E-state index contributed by atoms with van der Waals surface area (Å²) in [4.78, 5) is 0. The molecular formula is C7H12F2. The molecule has 0 saturated carbocycles. The van der Waals surface area contributed by atoms with Crippen LogP contribution in [-0.4, -0.2) is 5.92 Å². The normalized spacial score (nSPS) is 11.6. The molecule has 0 aliphatic rings. The third-order valence-electron chi connectivity index (χ3n) is 1.19. The van der Waals surface area contributed by atoms with Crippen molar-refractivity contribution < 1.29 is 8.78 Å². The number of rotatable bonds is 3. The molecule has 0 aliphatic carbocycles. The summed E-state index contributed by atoms with van der Waals surface area (Å²) in [7, 11) is 0. The third kappa shape index (κ3) is 2.59. The fourth-order valence-corrected chi connectivity index (χ4v) is 0.527. The van der Waals surface area contributed by atoms with Gasteiger partial charge in [0, 0.05) is 6.42 Å². The molecule has 0 bridgehead atoms. The molecule has 0 saturated heterocycles. The maximum atomic E-state index is 12.4. The Morgan fingerprint density at radius 3 is 2.11 bits per heavy atom. The van der Waals surface area contributed by atoms with Crippen LogP contribution >= 0.6 is 0 Å². The number of hydrogen-bond donors (Lipinski definition) is 0. The van der Waals surface area contributed by atoms with Crippen LogP contribution in [0.3, 0.4) is 0 Å². The van der Waals surface area contributed by atoms with Crippen LogP contribution in [0.2, 0.25) is 0 Å². The van der Waals surface area contributed by atoms with Crippen LogP contribution in [0.5, 0.6) is 0 Å². The van der Waals surface area contributed by atoms with Crippen molar-refractivity contribution in [3.63, 3.8) is 0 Å². The Labute approximate surface area is 54.6 Å². The van der Waals surface area contributed by atoms with Crippen LogP contribution in [-0.2, 0) is 0 Å². The molecular weight excluding hydrogens is 122 g/mol. The molecule has 2 heteroatoms. The molecule has 0 rings (SSSR count). The largest absolute Gasteiger partial charge is 0.268 e. The molecule has 0 N–H and O–H groups in total. The van der Waals surface area contributed by atoms with Crippen LogP contribution in [0.15, 0.2) is 12.2 Å². The van der Waals surface area contributed by atoms with Crippen molar-refractivity contribution in [2.24, 2.45) is 0 Å². The number of allylic oxidation sites excluding steroid dienone is 1. The van der Waals surface area contributed by atoms with Crippen LogP contribution in [0, 0.1) is 0 Å². The molecule has 0 radical (unpaired) electrons. The van der Waals surface area contributed by atoms with E-state index in [4.69, 9.17) is 0 Å². The Hall–Kier alpha value is -0.400. The maximum absolute atomic E-state index is 12.4. The van der Waals surface area contributed by atoms with Crippen LogP contribution in [0.4, 0.5) is 8.78 Å². The van der Waals surface area contributed by atoms with E-state index in [1.54, 1.807) is 6.92 Å². The van der Waals surface area contributed by atoms with Gasteiger partial charge in [0.1, 0.15) is 0 Å². The van der Waals surface area contributed by atoms with Gasteiger partial charge in [-0.05, 0) is 12.5 Å². The van der Waals surface area contributed by atoms with Gasteiger partial charge in [-0.15, -0.1) is 0 Å². The lowest BCUT2D eigenvalue weighted by atomic mass is 10.1. The summed E-state index contributed by atoms with van der Waals surface area (Å²) in [5.41, 5.74) is -0.0376. The highest BCUT2D eigenvalue weighted by molar-refractivity contribution is 5.02. The van der Waals surface area contributed by atoms with Crippen molar-refractivity contribution in [1.29, 1.82) is 0 Å². The SMILES string of the molecule is C=C(C)C(F)(F)CCC. The smallest absolute Gasteiger partial charge is 0.202 e. The lowest BCUT2D eigenvalue weighted by Crippen LogP contribution is -2.15. The standard InChI is InChI=1S/C7H12F2/c1-4-5-7(8,9)6(2)3/h2,4-5H2,1,3H3. The molecule has 0 fully saturated rings. The summed E-state index contributed by atoms with van der Waals surface area (Å²) in [6.45, 7) is 6.29. The average molecular weight is 134 g/mol. The second kappa shape index (κ2) is 2.95. The van der Waals surface area contributed by atoms with Gasteiger partial charge < -0.3 is 0 Å². The highest BCUT2D eigenvalue weighted by atomic mass is 19.3. The van der Waals surface area contributed by atoms with Gasteiger partial charge in [0.15, 0.2) is 0 Å². The zero-order chi connectivity index (χ0) is 7.49. The molecule has 0 nitrogen and oxygen atoms in total. The Kier molecular flexibility index (Phi) is 2.82. The van der Waals surface area contributed by atoms with E-state index < -0.39 is 5.92 Å². The van der Waals surface area contributed by atoms with E-state index in [1.165, 1.54) is 6.92 Å². The van der Waals surface area contributed by atoms with Gasteiger partial charge in [-0.1, -0.05) is 19.9 Å². The molecule has 54 valence electrons. The Balaban J connectivity index is 3.85. The molecule has 0 heterocycles. The topological polar surface area (TPSA) is 0 Å². The van der Waals surface area contributed by atoms with Gasteiger partial charge >= 0.3 is 0 Å². The zero-order valence-electron chi connectivity index (χ0n) is 5.88. The van der Waals surface area contributed by atoms with Crippen molar-refractivity contribution in [3.8, 4) is 0 Å². The van der Waals surface area contributed by atoms with Gasteiger partial charge in [0.2, 0.25) is 0 Å². The first-order valence-electron chi connectivity index (χ1n) is 3.04. The maximum Gasteiger partial charge on any atom is 0.268 e. The van der Waals surface area contributed by atoms with Gasteiger partial charge in [0.05, 0.1) is 0 Å². The first-order valence-corrected chi connectivity index (χ1v) is 3.04. The number of hydrogen-bond acceptors (Lipinski definition) is 0. The van der Waals surface area contributed by atoms with E-state index in [9.17, 15) is 8.78 Å². The molecule has 0 atom stereocenters. The van der Waals surface area contributed by atoms with Gasteiger partial charge in [-0.25, -0.2) is 8.78 Å². The molecule has 0 aliphatic heterocycles. The zero-order valence-corrected chi connectivity index (χ0v) is 5.88. The third-order valence-corrected chi connectivity index (χ3v) is 1.19. The molecule has 0 aromatic carbocycles. The summed E-state index contributed by atoms with van der Waals surface area (Å²) in [6.07, 6.45) is 0.419. The fraction of sp³-hybridized carbons (Fsp3) is 0.714. The minimum absolute atomic E-state index is 0.0376. The Morgan fingerprint density at radius 2 is 2.00 bits per heavy atom. The van der Waals surface area contributed by atoms with E-state index in [1.807, 2.05) is 0 Å². The second-order valence-corrected chi connectivity index (χ2v) is 2.23. The molecule has 0 spiro atoms. The summed E-state index contributed by atoms with van der Waals surface area (Å²) in [6, 6.07) is 0. The van der Waals surface area contributed by atoms with Crippen molar-refractivity contribution in [3.05, 3.63) is 12.2 Å². The minimum Gasteiger partial charge on any atom is -0.202 e. The van der Waals surface area contributed by atoms with E-state index in [0.717, 1.165) is 0 Å². The first-order chi connectivity index (χ1) is 4.00. The molecule has 9 heavy (non-hydrogen) atoms. The first kappa shape index (κ1) is 8.60. The van der Waals surface area contributed by atoms with Gasteiger partial charge in [0.25, 0.3) is 5.92 Å². The molecule has 0 aromatic rings. The van der Waals surface area contributed by atoms with Crippen molar-refractivity contribution in [2.45, 2.75) is 32.6 Å². The summed E-state index contributed by atoms with van der Waals surface area (Å²) < 4.78 is 24.9. The van der Waals surface area contributed by atoms with Gasteiger partial charge in [-0.3, -0.25) is 0 Å². The second-order valence-electron chi connectivity index (χ2n) is 2.23. The van der Waals surface area contributed by atoms with Crippen LogP contribution < -0.4 is 0 Å². The molecule has 0 unspecified atom stereocenters. The predicted molar refractivity (Wildman–Crippen MR) is 34.7 cm³/mol. The van der Waals surface area contributed by atoms with Crippen molar-refractivity contribution in [2.75, 3.05) is 0 Å². The van der Waals surface area contributed by atoms with E-state index in [2.05, 4.69) is 6.58 Å². The van der Waals surface area contributed by atoms with Crippen molar-refractivity contribution >= 4 is 0 Å². The molecule has 0 aromatic heterocycles. The number of halogens is 2. The van der Waals surface area contributed by atoms with Crippen LogP contribution in [0.25, 0.3) is 0 Å². The van der Waals surface area contributed by atoms with E-state index in [-0.39, 0.29) is 12.0 Å². The summed E-state index contributed by atoms with van der Waals surface area (Å²) in [5.74, 6) is -2.64. The minimum atomic E-state index is -2.64. The van der Waals surface area contributed by atoms with Gasteiger partial charge in [-0.2, -0.15) is 0 Å². The fourth-order valence-electron chi connectivity index (χ4n) is 0.527. The highest BCUT2D eigenvalue weighted by Gasteiger charge is 2.27. The highest BCUT2D eigenvalue weighted by Crippen LogP contribution is 2.26. The van der Waals surface area contributed by atoms with Crippen molar-refractivity contribution in [1.82, 2.24) is 0 Å². The monoisotopic (exact) mass is 134 g/mol. The van der Waals surface area contributed by atoms with E-state index in [0.29, 0.717) is 6.42 Å². The lowest BCUT2D eigenvalue weighted by molar-refractivity contribution is 0.0322. The predicted octanol–water partition coefficient (Wildman–Crippen LogP) is 3.00. The number of alkyl halides is 2. The lowest BCUT2D eigenvalue weighted by Gasteiger charge is -2.13. The summed E-state index contributed by atoms with van der Waals surface area (Å²) in [5, 5.41) is 0. The Morgan fingerprint density at radius 1 is 1.56 bits per heavy atom. The Bertz CT molecular complexity index is 105. The summed E-state index contributed by atoms with van der Waals surface area (Å²) >= 11 is 0. The van der Waals surface area contributed by atoms with Crippen LogP contribution in [0.1, 0.15) is 26.7 Å². The molecule has 0 amide bonds. The average Bonchev–Trinajstić information content (AvgIpc) is 1.65.